The molecule has 3 rings (SSSR count). The fourth-order valence-corrected chi connectivity index (χ4v) is 2.73. The third-order valence-corrected chi connectivity index (χ3v) is 3.89. The summed E-state index contributed by atoms with van der Waals surface area (Å²) in [6.45, 7) is 3.28. The lowest BCUT2D eigenvalue weighted by Gasteiger charge is -2.15. The van der Waals surface area contributed by atoms with Crippen molar-refractivity contribution in [3.63, 3.8) is 0 Å². The molecule has 2 aromatic rings. The van der Waals surface area contributed by atoms with E-state index < -0.39 is 0 Å². The van der Waals surface area contributed by atoms with Crippen molar-refractivity contribution in [3.8, 4) is 11.6 Å². The molecule has 0 aliphatic carbocycles. The number of carbonyl (C=O) groups excluding carboxylic acids is 1. The van der Waals surface area contributed by atoms with Crippen molar-refractivity contribution < 1.29 is 9.53 Å². The number of carbonyl (C=O) groups is 1. The fourth-order valence-electron chi connectivity index (χ4n) is 2.73. The van der Waals surface area contributed by atoms with E-state index in [0.29, 0.717) is 19.0 Å². The number of ether oxygens (including phenoxy) is 1. The molecular weight excluding hydrogens is 292 g/mol. The van der Waals surface area contributed by atoms with Gasteiger partial charge in [-0.2, -0.15) is 4.98 Å². The second-order valence-electron chi connectivity index (χ2n) is 5.65. The molecule has 1 aliphatic rings. The molecule has 1 unspecified atom stereocenters. The fraction of sp³-hybridized carbons (Fsp3) is 0.353. The van der Waals surface area contributed by atoms with Gasteiger partial charge in [0.25, 0.3) is 0 Å². The number of aromatic nitrogens is 2. The van der Waals surface area contributed by atoms with Crippen LogP contribution in [-0.4, -0.2) is 40.4 Å². The van der Waals surface area contributed by atoms with Crippen molar-refractivity contribution in [2.75, 3.05) is 19.6 Å². The van der Waals surface area contributed by atoms with Gasteiger partial charge in [-0.3, -0.25) is 4.79 Å². The minimum atomic E-state index is -0.0269. The van der Waals surface area contributed by atoms with Crippen LogP contribution >= 0.6 is 0 Å². The van der Waals surface area contributed by atoms with Crippen LogP contribution < -0.4 is 10.5 Å². The average molecular weight is 312 g/mol. The summed E-state index contributed by atoms with van der Waals surface area (Å²) < 4.78 is 5.80. The van der Waals surface area contributed by atoms with Crippen LogP contribution in [0.2, 0.25) is 0 Å². The van der Waals surface area contributed by atoms with E-state index in [-0.39, 0.29) is 18.4 Å². The lowest BCUT2D eigenvalue weighted by molar-refractivity contribution is -0.128. The topological polar surface area (TPSA) is 81.3 Å². The van der Waals surface area contributed by atoms with Gasteiger partial charge in [-0.1, -0.05) is 18.2 Å². The van der Waals surface area contributed by atoms with E-state index in [1.165, 1.54) is 0 Å². The summed E-state index contributed by atoms with van der Waals surface area (Å²) in [7, 11) is 0. The maximum atomic E-state index is 11.7. The predicted octanol–water partition coefficient (Wildman–Crippen LogP) is 1.85. The van der Waals surface area contributed by atoms with E-state index in [4.69, 9.17) is 10.5 Å². The van der Waals surface area contributed by atoms with Gasteiger partial charge >= 0.3 is 0 Å². The van der Waals surface area contributed by atoms with Crippen LogP contribution in [0.5, 0.6) is 11.6 Å². The van der Waals surface area contributed by atoms with Gasteiger partial charge in [-0.15, -0.1) is 0 Å². The van der Waals surface area contributed by atoms with Crippen LogP contribution in [0, 0.1) is 6.92 Å². The van der Waals surface area contributed by atoms with Crippen LogP contribution in [0.1, 0.15) is 23.9 Å². The Hall–Kier alpha value is -2.47. The molecule has 1 aromatic carbocycles. The first kappa shape index (κ1) is 15.4. The number of amides is 1. The summed E-state index contributed by atoms with van der Waals surface area (Å²) in [6.07, 6.45) is 0.847. The minimum Gasteiger partial charge on any atom is -0.439 e. The van der Waals surface area contributed by atoms with Gasteiger partial charge in [0, 0.05) is 30.8 Å². The van der Waals surface area contributed by atoms with E-state index in [1.807, 2.05) is 43.3 Å². The molecule has 6 heteroatoms. The highest BCUT2D eigenvalue weighted by Crippen LogP contribution is 2.27. The Labute approximate surface area is 135 Å². The Morgan fingerprint density at radius 2 is 2.13 bits per heavy atom. The molecule has 1 atom stereocenters. The number of benzene rings is 1. The summed E-state index contributed by atoms with van der Waals surface area (Å²) in [6, 6.07) is 11.3. The van der Waals surface area contributed by atoms with Crippen molar-refractivity contribution in [1.82, 2.24) is 14.9 Å². The zero-order chi connectivity index (χ0) is 16.2. The Morgan fingerprint density at radius 3 is 2.87 bits per heavy atom. The van der Waals surface area contributed by atoms with Gasteiger partial charge in [0.1, 0.15) is 11.6 Å². The standard InChI is InChI=1S/C17H20N4O2/c1-12-9-15(23-14-5-3-2-4-6-14)20-17(19-12)13-7-8-21(11-13)16(22)10-18/h2-6,9,13H,7-8,10-11,18H2,1H3. The van der Waals surface area contributed by atoms with Crippen molar-refractivity contribution in [3.05, 3.63) is 47.9 Å². The Bertz CT molecular complexity index is 690. The Kier molecular flexibility index (Phi) is 4.52. The zero-order valence-corrected chi connectivity index (χ0v) is 13.1. The maximum Gasteiger partial charge on any atom is 0.236 e. The van der Waals surface area contributed by atoms with E-state index in [1.54, 1.807) is 4.90 Å². The summed E-state index contributed by atoms with van der Waals surface area (Å²) in [4.78, 5) is 22.5. The summed E-state index contributed by atoms with van der Waals surface area (Å²) in [5, 5.41) is 0. The van der Waals surface area contributed by atoms with Crippen LogP contribution in [0.4, 0.5) is 0 Å². The first-order chi connectivity index (χ1) is 11.2. The molecule has 1 saturated heterocycles. The smallest absolute Gasteiger partial charge is 0.236 e. The van der Waals surface area contributed by atoms with Gasteiger partial charge in [0.05, 0.1) is 6.54 Å². The molecule has 120 valence electrons. The van der Waals surface area contributed by atoms with E-state index in [9.17, 15) is 4.79 Å². The molecule has 2 heterocycles. The van der Waals surface area contributed by atoms with Gasteiger partial charge < -0.3 is 15.4 Å². The van der Waals surface area contributed by atoms with E-state index >= 15 is 0 Å². The highest BCUT2D eigenvalue weighted by atomic mass is 16.5. The number of rotatable bonds is 4. The van der Waals surface area contributed by atoms with Gasteiger partial charge in [0.2, 0.25) is 11.8 Å². The molecular formula is C17H20N4O2. The normalized spacial score (nSPS) is 17.3. The van der Waals surface area contributed by atoms with Crippen molar-refractivity contribution >= 4 is 5.91 Å². The molecule has 0 radical (unpaired) electrons. The maximum absolute atomic E-state index is 11.7. The van der Waals surface area contributed by atoms with Gasteiger partial charge in [0.15, 0.2) is 0 Å². The molecule has 23 heavy (non-hydrogen) atoms. The lowest BCUT2D eigenvalue weighted by atomic mass is 10.1. The van der Waals surface area contributed by atoms with Crippen molar-refractivity contribution in [1.29, 1.82) is 0 Å². The van der Waals surface area contributed by atoms with Crippen LogP contribution in [0.3, 0.4) is 0 Å². The quantitative estimate of drug-likeness (QED) is 0.932. The predicted molar refractivity (Wildman–Crippen MR) is 86.3 cm³/mol. The molecule has 0 spiro atoms. The van der Waals surface area contributed by atoms with E-state index in [2.05, 4.69) is 9.97 Å². The summed E-state index contributed by atoms with van der Waals surface area (Å²) >= 11 is 0. The monoisotopic (exact) mass is 312 g/mol. The Balaban J connectivity index is 1.77. The highest BCUT2D eigenvalue weighted by molar-refractivity contribution is 5.78. The zero-order valence-electron chi connectivity index (χ0n) is 13.1. The van der Waals surface area contributed by atoms with Crippen LogP contribution in [0.25, 0.3) is 0 Å². The molecule has 2 N–H and O–H groups in total. The third-order valence-electron chi connectivity index (χ3n) is 3.89. The Morgan fingerprint density at radius 1 is 1.35 bits per heavy atom. The van der Waals surface area contributed by atoms with Gasteiger partial charge in [-0.25, -0.2) is 4.98 Å². The second-order valence-corrected chi connectivity index (χ2v) is 5.65. The van der Waals surface area contributed by atoms with E-state index in [0.717, 1.165) is 23.7 Å². The molecule has 0 bridgehead atoms. The molecule has 6 nitrogen and oxygen atoms in total. The third kappa shape index (κ3) is 3.65. The first-order valence-electron chi connectivity index (χ1n) is 7.72. The second kappa shape index (κ2) is 6.75. The van der Waals surface area contributed by atoms with Crippen molar-refractivity contribution in [2.24, 2.45) is 5.73 Å². The number of para-hydroxylation sites is 1. The van der Waals surface area contributed by atoms with Crippen LogP contribution in [0.15, 0.2) is 36.4 Å². The number of aryl methyl sites for hydroxylation is 1. The molecule has 0 saturated carbocycles. The number of hydrogen-bond acceptors (Lipinski definition) is 5. The largest absolute Gasteiger partial charge is 0.439 e. The number of nitrogens with zero attached hydrogens (tertiary/aromatic N) is 3. The van der Waals surface area contributed by atoms with Crippen molar-refractivity contribution in [2.45, 2.75) is 19.3 Å². The number of nitrogens with two attached hydrogens (primary N) is 1. The molecule has 1 aromatic heterocycles. The first-order valence-corrected chi connectivity index (χ1v) is 7.72. The van der Waals surface area contributed by atoms with Crippen LogP contribution in [-0.2, 0) is 4.79 Å². The van der Waals surface area contributed by atoms with Gasteiger partial charge in [-0.05, 0) is 25.5 Å². The SMILES string of the molecule is Cc1cc(Oc2ccccc2)nc(C2CCN(C(=O)CN)C2)n1. The molecule has 1 amide bonds. The number of hydrogen-bond donors (Lipinski definition) is 1. The number of likely N-dealkylation sites (tertiary alicyclic amines) is 1. The molecule has 1 fully saturated rings. The average Bonchev–Trinajstić information content (AvgIpc) is 3.04. The highest BCUT2D eigenvalue weighted by Gasteiger charge is 2.29. The minimum absolute atomic E-state index is 0.0269. The summed E-state index contributed by atoms with van der Waals surface area (Å²) in [5.41, 5.74) is 6.28. The lowest BCUT2D eigenvalue weighted by Crippen LogP contribution is -2.34. The molecule has 1 aliphatic heterocycles. The summed E-state index contributed by atoms with van der Waals surface area (Å²) in [5.74, 6) is 2.10.